The third-order valence-electron chi connectivity index (χ3n) is 8.46. The number of rotatable bonds is 6. The lowest BCUT2D eigenvalue weighted by atomic mass is 9.85. The van der Waals surface area contributed by atoms with Crippen molar-refractivity contribution in [3.05, 3.63) is 65.7 Å². The highest BCUT2D eigenvalue weighted by atomic mass is 16.5. The Balaban J connectivity index is 1.18. The number of aryl methyl sites for hydroxylation is 2. The van der Waals surface area contributed by atoms with Gasteiger partial charge in [0, 0.05) is 24.7 Å². The van der Waals surface area contributed by atoms with Crippen LogP contribution >= 0.6 is 0 Å². The highest BCUT2D eigenvalue weighted by molar-refractivity contribution is 6.22. The van der Waals surface area contributed by atoms with Crippen molar-refractivity contribution in [2.45, 2.75) is 39.5 Å². The summed E-state index contributed by atoms with van der Waals surface area (Å²) in [7, 11) is 0. The van der Waals surface area contributed by atoms with E-state index in [9.17, 15) is 19.2 Å². The van der Waals surface area contributed by atoms with Crippen LogP contribution in [0.3, 0.4) is 0 Å². The molecular formula is C30H30N2O5. The lowest BCUT2D eigenvalue weighted by Gasteiger charge is -2.23. The molecule has 2 aromatic carbocycles. The lowest BCUT2D eigenvalue weighted by Crippen LogP contribution is -2.32. The van der Waals surface area contributed by atoms with Crippen molar-refractivity contribution >= 4 is 35.1 Å². The number of ether oxygens (including phenoxy) is 1. The van der Waals surface area contributed by atoms with Crippen LogP contribution in [-0.2, 0) is 32.0 Å². The molecular weight excluding hydrogens is 468 g/mol. The van der Waals surface area contributed by atoms with Crippen molar-refractivity contribution in [3.63, 3.8) is 0 Å². The van der Waals surface area contributed by atoms with Crippen LogP contribution in [0.15, 0.2) is 54.6 Å². The zero-order valence-electron chi connectivity index (χ0n) is 21.1. The fourth-order valence-electron chi connectivity index (χ4n) is 6.69. The fourth-order valence-corrected chi connectivity index (χ4v) is 6.69. The van der Waals surface area contributed by atoms with E-state index in [1.165, 1.54) is 4.90 Å². The van der Waals surface area contributed by atoms with E-state index in [-0.39, 0.29) is 60.1 Å². The second-order valence-electron chi connectivity index (χ2n) is 10.5. The maximum Gasteiger partial charge on any atom is 0.316 e. The number of imide groups is 1. The third-order valence-corrected chi connectivity index (χ3v) is 8.46. The quantitative estimate of drug-likeness (QED) is 0.259. The Hall–Kier alpha value is -3.74. The van der Waals surface area contributed by atoms with Crippen LogP contribution in [0.2, 0.25) is 0 Å². The number of amides is 3. The average molecular weight is 499 g/mol. The number of allylic oxidation sites excluding steroid dienone is 2. The first-order valence-corrected chi connectivity index (χ1v) is 13.2. The number of nitrogens with zero attached hydrogens (tertiary/aromatic N) is 2. The molecule has 7 heteroatoms. The largest absolute Gasteiger partial charge is 0.426 e. The van der Waals surface area contributed by atoms with Crippen LogP contribution in [0.1, 0.15) is 37.8 Å². The van der Waals surface area contributed by atoms with Crippen LogP contribution in [0.4, 0.5) is 11.4 Å². The Bertz CT molecular complexity index is 1290. The molecule has 2 aliphatic carbocycles. The zero-order chi connectivity index (χ0) is 25.8. The van der Waals surface area contributed by atoms with Gasteiger partial charge in [0.1, 0.15) is 5.75 Å². The summed E-state index contributed by atoms with van der Waals surface area (Å²) in [6.07, 6.45) is 6.67. The minimum absolute atomic E-state index is 0.0853. The maximum atomic E-state index is 13.2. The molecule has 2 saturated heterocycles. The number of hydrogen-bond acceptors (Lipinski definition) is 5. The molecule has 7 nitrogen and oxygen atoms in total. The average Bonchev–Trinajstić information content (AvgIpc) is 3.67. The van der Waals surface area contributed by atoms with Crippen molar-refractivity contribution in [1.82, 2.24) is 0 Å². The Kier molecular flexibility index (Phi) is 5.74. The Morgan fingerprint density at radius 3 is 2.16 bits per heavy atom. The topological polar surface area (TPSA) is 84.0 Å². The molecule has 0 unspecified atom stereocenters. The summed E-state index contributed by atoms with van der Waals surface area (Å²) in [4.78, 5) is 55.4. The molecule has 190 valence electrons. The third kappa shape index (κ3) is 3.71. The van der Waals surface area contributed by atoms with Crippen LogP contribution in [0.5, 0.6) is 5.75 Å². The summed E-state index contributed by atoms with van der Waals surface area (Å²) >= 11 is 0. The number of fused-ring (bicyclic) bond motifs is 5. The van der Waals surface area contributed by atoms with Gasteiger partial charge in [0.15, 0.2) is 0 Å². The van der Waals surface area contributed by atoms with Gasteiger partial charge in [-0.05, 0) is 54.4 Å². The van der Waals surface area contributed by atoms with Crippen molar-refractivity contribution in [2.24, 2.45) is 29.6 Å². The first-order valence-electron chi connectivity index (χ1n) is 13.2. The van der Waals surface area contributed by atoms with E-state index < -0.39 is 11.9 Å². The Labute approximate surface area is 216 Å². The first-order chi connectivity index (χ1) is 17.9. The van der Waals surface area contributed by atoms with Gasteiger partial charge in [0.05, 0.1) is 23.4 Å². The summed E-state index contributed by atoms with van der Waals surface area (Å²) in [6, 6.07) is 12.6. The molecule has 0 aromatic heterocycles. The Morgan fingerprint density at radius 1 is 0.919 bits per heavy atom. The number of carbonyl (C=O) groups is 4. The predicted octanol–water partition coefficient (Wildman–Crippen LogP) is 4.08. The van der Waals surface area contributed by atoms with Gasteiger partial charge in [-0.25, -0.2) is 4.90 Å². The van der Waals surface area contributed by atoms with E-state index in [2.05, 4.69) is 26.0 Å². The van der Waals surface area contributed by atoms with Crippen LogP contribution in [-0.4, -0.2) is 30.2 Å². The molecule has 2 aromatic rings. The molecule has 0 radical (unpaired) electrons. The number of hydrogen-bond donors (Lipinski definition) is 0. The molecule has 3 fully saturated rings. The smallest absolute Gasteiger partial charge is 0.316 e. The molecule has 4 aliphatic rings. The molecule has 5 atom stereocenters. The van der Waals surface area contributed by atoms with Crippen molar-refractivity contribution in [1.29, 1.82) is 0 Å². The maximum absolute atomic E-state index is 13.2. The molecule has 1 saturated carbocycles. The van der Waals surface area contributed by atoms with Crippen molar-refractivity contribution in [3.8, 4) is 5.75 Å². The van der Waals surface area contributed by atoms with Crippen LogP contribution in [0, 0.1) is 29.6 Å². The molecule has 3 amide bonds. The molecule has 2 aliphatic heterocycles. The first kappa shape index (κ1) is 23.6. The van der Waals surface area contributed by atoms with Crippen LogP contribution < -0.4 is 14.5 Å². The van der Waals surface area contributed by atoms with E-state index in [4.69, 9.17) is 4.74 Å². The predicted molar refractivity (Wildman–Crippen MR) is 138 cm³/mol. The van der Waals surface area contributed by atoms with Gasteiger partial charge in [-0.1, -0.05) is 50.3 Å². The molecule has 0 spiro atoms. The van der Waals surface area contributed by atoms with Gasteiger partial charge in [0.2, 0.25) is 17.7 Å². The summed E-state index contributed by atoms with van der Waals surface area (Å²) in [6.45, 7) is 4.38. The Morgan fingerprint density at radius 2 is 1.54 bits per heavy atom. The van der Waals surface area contributed by atoms with E-state index in [1.54, 1.807) is 29.2 Å². The molecule has 2 heterocycles. The number of para-hydroxylation sites is 1. The van der Waals surface area contributed by atoms with E-state index in [0.717, 1.165) is 36.1 Å². The van der Waals surface area contributed by atoms with Gasteiger partial charge >= 0.3 is 5.97 Å². The zero-order valence-corrected chi connectivity index (χ0v) is 21.1. The minimum Gasteiger partial charge on any atom is -0.426 e. The second-order valence-corrected chi connectivity index (χ2v) is 10.5. The molecule has 6 rings (SSSR count). The van der Waals surface area contributed by atoms with Gasteiger partial charge in [-0.15, -0.1) is 0 Å². The van der Waals surface area contributed by atoms with Crippen molar-refractivity contribution < 1.29 is 23.9 Å². The monoisotopic (exact) mass is 498 g/mol. The number of anilines is 2. The summed E-state index contributed by atoms with van der Waals surface area (Å²) in [5.41, 5.74) is 3.50. The summed E-state index contributed by atoms with van der Waals surface area (Å²) in [5.74, 6) is -1.57. The summed E-state index contributed by atoms with van der Waals surface area (Å²) in [5, 5.41) is 0. The minimum atomic E-state index is -0.595. The highest BCUT2D eigenvalue weighted by Gasteiger charge is 2.59. The molecule has 2 bridgehead atoms. The molecule has 37 heavy (non-hydrogen) atoms. The van der Waals surface area contributed by atoms with Gasteiger partial charge < -0.3 is 9.64 Å². The van der Waals surface area contributed by atoms with Crippen molar-refractivity contribution in [2.75, 3.05) is 16.3 Å². The number of carbonyl (C=O) groups excluding carboxylic acids is 4. The van der Waals surface area contributed by atoms with Crippen LogP contribution in [0.25, 0.3) is 0 Å². The molecule has 0 N–H and O–H groups in total. The number of esters is 1. The van der Waals surface area contributed by atoms with Gasteiger partial charge in [-0.3, -0.25) is 19.2 Å². The van der Waals surface area contributed by atoms with Gasteiger partial charge in [0.25, 0.3) is 0 Å². The van der Waals surface area contributed by atoms with E-state index in [1.807, 2.05) is 18.2 Å². The normalized spacial score (nSPS) is 27.9. The standard InChI is InChI=1S/C30H30N2O5/c1-3-17-7-5-8-18(4-2)27(17)31-16-21(14-24(31)33)30(36)37-23-10-6-9-22(15-23)32-28(34)25-19-11-12-20(13-19)26(25)29(32)35/h5-12,15,19-21,25-26H,3-4,13-14,16H2,1-2H3/t19-,20-,21+,25-,26+/m0/s1. The number of benzene rings is 2. The van der Waals surface area contributed by atoms with E-state index >= 15 is 0 Å². The SMILES string of the molecule is CCc1cccc(CC)c1N1C[C@H](C(=O)Oc2cccc(N3C(=O)[C@@H]4[C@H](C3=O)[C@H]3C=C[C@H]4C3)c2)CC1=O. The lowest BCUT2D eigenvalue weighted by molar-refractivity contribution is -0.139. The second kappa shape index (κ2) is 8.98. The summed E-state index contributed by atoms with van der Waals surface area (Å²) < 4.78 is 5.68. The van der Waals surface area contributed by atoms with Gasteiger partial charge in [-0.2, -0.15) is 0 Å². The fraction of sp³-hybridized carbons (Fsp3) is 0.400. The highest BCUT2D eigenvalue weighted by Crippen LogP contribution is 2.53. The van der Waals surface area contributed by atoms with E-state index in [0.29, 0.717) is 5.69 Å².